The van der Waals surface area contributed by atoms with Crippen LogP contribution in [0.2, 0.25) is 0 Å². The Hall–Kier alpha value is -3.36. The maximum Gasteiger partial charge on any atom is 0.328 e. The molecule has 2 N–H and O–H groups in total. The number of nitrogens with one attached hydrogen (secondary N) is 2. The van der Waals surface area contributed by atoms with E-state index in [-0.39, 0.29) is 0 Å². The molecule has 0 bridgehead atoms. The lowest BCUT2D eigenvalue weighted by atomic mass is 9.99. The lowest BCUT2D eigenvalue weighted by Gasteiger charge is -2.32. The van der Waals surface area contributed by atoms with Gasteiger partial charge in [-0.05, 0) is 43.0 Å². The average molecular weight is 400 g/mol. The van der Waals surface area contributed by atoms with Gasteiger partial charge in [0.05, 0.1) is 0 Å². The number of hydrogen-bond donors (Lipinski definition) is 2. The van der Waals surface area contributed by atoms with E-state index in [1.54, 1.807) is 0 Å². The van der Waals surface area contributed by atoms with E-state index in [1.807, 2.05) is 29.2 Å². The summed E-state index contributed by atoms with van der Waals surface area (Å²) in [5, 5.41) is 2.67. The number of esters is 1. The third-order valence-corrected chi connectivity index (χ3v) is 4.86. The number of nitrogens with zero attached hydrogens (tertiary/aromatic N) is 2. The summed E-state index contributed by atoms with van der Waals surface area (Å²) < 4.78 is 5.87. The number of anilines is 2. The fourth-order valence-corrected chi connectivity index (χ4v) is 3.12. The van der Waals surface area contributed by atoms with Crippen molar-refractivity contribution < 1.29 is 14.3 Å². The number of carbonyl (C=O) groups excluding carboxylic acids is 2. The molecule has 1 fully saturated rings. The molecule has 154 valence electrons. The minimum atomic E-state index is -0.760. The molecule has 1 aliphatic heterocycles. The molecule has 3 rings (SSSR count). The summed E-state index contributed by atoms with van der Waals surface area (Å²) in [5.74, 6) is -0.481. The van der Waals surface area contributed by atoms with Crippen LogP contribution in [-0.4, -0.2) is 41.1 Å². The van der Waals surface area contributed by atoms with Crippen LogP contribution in [0.1, 0.15) is 19.8 Å². The molecule has 9 heteroatoms. The van der Waals surface area contributed by atoms with Crippen molar-refractivity contribution in [3.63, 3.8) is 0 Å². The standard InChI is InChI=1S/C20H24N4O5/c1-14-6-9-23(10-7-14)16-4-2-15(3-5-16)21-18(26)13-29-19(27)12-24-11-8-17(25)22-20(24)28/h2-5,8,11,14H,6-7,9-10,12-13H2,1H3,(H,21,26)(H,22,25,28). The fourth-order valence-electron chi connectivity index (χ4n) is 3.12. The number of hydrogen-bond acceptors (Lipinski definition) is 6. The Morgan fingerprint density at radius 3 is 2.48 bits per heavy atom. The Labute approximate surface area is 167 Å². The lowest BCUT2D eigenvalue weighted by Crippen LogP contribution is -2.32. The van der Waals surface area contributed by atoms with Crippen molar-refractivity contribution in [3.05, 3.63) is 57.4 Å². The van der Waals surface area contributed by atoms with Gasteiger partial charge in [0.25, 0.3) is 11.5 Å². The van der Waals surface area contributed by atoms with Crippen molar-refractivity contribution in [3.8, 4) is 0 Å². The van der Waals surface area contributed by atoms with Gasteiger partial charge in [0.2, 0.25) is 0 Å². The Kier molecular flexibility index (Phi) is 6.48. The third kappa shape index (κ3) is 5.81. The first-order valence-corrected chi connectivity index (χ1v) is 9.51. The van der Waals surface area contributed by atoms with Gasteiger partial charge in [-0.15, -0.1) is 0 Å². The van der Waals surface area contributed by atoms with Gasteiger partial charge >= 0.3 is 11.7 Å². The molecule has 1 aromatic heterocycles. The van der Waals surface area contributed by atoms with Crippen molar-refractivity contribution in [1.29, 1.82) is 0 Å². The topological polar surface area (TPSA) is 114 Å². The first-order chi connectivity index (χ1) is 13.9. The highest BCUT2D eigenvalue weighted by molar-refractivity contribution is 5.92. The highest BCUT2D eigenvalue weighted by Gasteiger charge is 2.16. The zero-order valence-corrected chi connectivity index (χ0v) is 16.2. The van der Waals surface area contributed by atoms with Crippen LogP contribution in [0.3, 0.4) is 0 Å². The summed E-state index contributed by atoms with van der Waals surface area (Å²) in [6.07, 6.45) is 3.54. The first kappa shape index (κ1) is 20.4. The van der Waals surface area contributed by atoms with Gasteiger partial charge in [0.15, 0.2) is 6.61 Å². The molecular formula is C20H24N4O5. The highest BCUT2D eigenvalue weighted by atomic mass is 16.5. The van der Waals surface area contributed by atoms with Crippen LogP contribution in [0.4, 0.5) is 11.4 Å². The van der Waals surface area contributed by atoms with E-state index in [2.05, 4.69) is 17.1 Å². The second-order valence-corrected chi connectivity index (χ2v) is 7.16. The summed E-state index contributed by atoms with van der Waals surface area (Å²) in [6.45, 7) is 3.46. The summed E-state index contributed by atoms with van der Waals surface area (Å²) >= 11 is 0. The van der Waals surface area contributed by atoms with E-state index in [4.69, 9.17) is 4.74 Å². The molecule has 0 atom stereocenters. The van der Waals surface area contributed by atoms with Gasteiger partial charge in [-0.1, -0.05) is 6.92 Å². The van der Waals surface area contributed by atoms with E-state index in [0.29, 0.717) is 5.69 Å². The predicted molar refractivity (Wildman–Crippen MR) is 108 cm³/mol. The van der Waals surface area contributed by atoms with Crippen molar-refractivity contribution in [2.45, 2.75) is 26.3 Å². The maximum absolute atomic E-state index is 12.0. The number of aromatic nitrogens is 2. The molecule has 2 aromatic rings. The normalized spacial score (nSPS) is 14.4. The van der Waals surface area contributed by atoms with Gasteiger partial charge in [0, 0.05) is 36.7 Å². The highest BCUT2D eigenvalue weighted by Crippen LogP contribution is 2.24. The van der Waals surface area contributed by atoms with Crippen molar-refractivity contribution in [1.82, 2.24) is 9.55 Å². The zero-order chi connectivity index (χ0) is 20.8. The fraction of sp³-hybridized carbons (Fsp3) is 0.400. The van der Waals surface area contributed by atoms with Gasteiger partial charge in [-0.3, -0.25) is 23.9 Å². The first-order valence-electron chi connectivity index (χ1n) is 9.51. The largest absolute Gasteiger partial charge is 0.454 e. The molecule has 1 aliphatic rings. The van der Waals surface area contributed by atoms with E-state index >= 15 is 0 Å². The number of H-pyrrole nitrogens is 1. The molecule has 9 nitrogen and oxygen atoms in total. The number of amides is 1. The summed E-state index contributed by atoms with van der Waals surface area (Å²) in [4.78, 5) is 50.7. The Balaban J connectivity index is 1.46. The number of rotatable bonds is 6. The number of benzene rings is 1. The molecule has 0 aliphatic carbocycles. The monoisotopic (exact) mass is 400 g/mol. The maximum atomic E-state index is 12.0. The van der Waals surface area contributed by atoms with Gasteiger partial charge < -0.3 is 15.0 Å². The van der Waals surface area contributed by atoms with Gasteiger partial charge in [-0.25, -0.2) is 4.79 Å². The zero-order valence-electron chi connectivity index (χ0n) is 16.2. The van der Waals surface area contributed by atoms with Crippen LogP contribution in [0, 0.1) is 5.92 Å². The predicted octanol–water partition coefficient (Wildman–Crippen LogP) is 0.955. The van der Waals surface area contributed by atoms with E-state index in [9.17, 15) is 19.2 Å². The summed E-state index contributed by atoms with van der Waals surface area (Å²) in [5.41, 5.74) is 0.451. The molecular weight excluding hydrogens is 376 g/mol. The average Bonchev–Trinajstić information content (AvgIpc) is 2.70. The smallest absolute Gasteiger partial charge is 0.328 e. The van der Waals surface area contributed by atoms with E-state index in [1.165, 1.54) is 19.0 Å². The number of aromatic amines is 1. The quantitative estimate of drug-likeness (QED) is 0.698. The minimum absolute atomic E-state index is 0.397. The van der Waals surface area contributed by atoms with Crippen molar-refractivity contribution in [2.75, 3.05) is 29.9 Å². The molecule has 0 unspecified atom stereocenters. The minimum Gasteiger partial charge on any atom is -0.454 e. The van der Waals surface area contributed by atoms with Crippen LogP contribution in [0.5, 0.6) is 0 Å². The SMILES string of the molecule is CC1CCN(c2ccc(NC(=O)COC(=O)Cn3ccc(=O)[nH]c3=O)cc2)CC1. The van der Waals surface area contributed by atoms with Crippen molar-refractivity contribution in [2.24, 2.45) is 5.92 Å². The second-order valence-electron chi connectivity index (χ2n) is 7.16. The summed E-state index contributed by atoms with van der Waals surface area (Å²) in [7, 11) is 0. The molecule has 1 aromatic carbocycles. The molecule has 1 amide bonds. The molecule has 0 spiro atoms. The molecule has 0 saturated carbocycles. The Morgan fingerprint density at radius 1 is 1.14 bits per heavy atom. The van der Waals surface area contributed by atoms with E-state index in [0.717, 1.165) is 35.3 Å². The van der Waals surface area contributed by atoms with Gasteiger partial charge in [0.1, 0.15) is 6.54 Å². The second kappa shape index (κ2) is 9.22. The number of ether oxygens (including phenoxy) is 1. The summed E-state index contributed by atoms with van der Waals surface area (Å²) in [6, 6.07) is 8.66. The lowest BCUT2D eigenvalue weighted by molar-refractivity contribution is -0.148. The van der Waals surface area contributed by atoms with E-state index < -0.39 is 36.3 Å². The Morgan fingerprint density at radius 2 is 1.83 bits per heavy atom. The van der Waals surface area contributed by atoms with Crippen LogP contribution in [-0.2, 0) is 20.9 Å². The van der Waals surface area contributed by atoms with Crippen LogP contribution in [0.25, 0.3) is 0 Å². The van der Waals surface area contributed by atoms with Gasteiger partial charge in [-0.2, -0.15) is 0 Å². The number of carbonyl (C=O) groups is 2. The van der Waals surface area contributed by atoms with Crippen LogP contribution >= 0.6 is 0 Å². The molecule has 2 heterocycles. The van der Waals surface area contributed by atoms with Crippen LogP contribution in [0.15, 0.2) is 46.1 Å². The molecule has 0 radical (unpaired) electrons. The van der Waals surface area contributed by atoms with Crippen molar-refractivity contribution >= 4 is 23.3 Å². The molecule has 29 heavy (non-hydrogen) atoms. The Bertz CT molecular complexity index is 971. The van der Waals surface area contributed by atoms with Crippen LogP contribution < -0.4 is 21.5 Å². The molecule has 1 saturated heterocycles. The third-order valence-electron chi connectivity index (χ3n) is 4.86. The number of piperidine rings is 1.